The van der Waals surface area contributed by atoms with E-state index in [1.165, 1.54) is 0 Å². The lowest BCUT2D eigenvalue weighted by Crippen LogP contribution is -2.15. The fraction of sp³-hybridized carbons (Fsp3) is 0.200. The van der Waals surface area contributed by atoms with Crippen LogP contribution in [0.3, 0.4) is 0 Å². The lowest BCUT2D eigenvalue weighted by molar-refractivity contribution is 0.599. The first kappa shape index (κ1) is 14.5. The smallest absolute Gasteiger partial charge is 0.265 e. The first-order valence-corrected chi connectivity index (χ1v) is 8.25. The van der Waals surface area contributed by atoms with Crippen LogP contribution in [0, 0.1) is 13.8 Å². The summed E-state index contributed by atoms with van der Waals surface area (Å²) < 4.78 is 29.6. The van der Waals surface area contributed by atoms with Crippen LogP contribution in [0.4, 0.5) is 5.69 Å². The zero-order valence-corrected chi connectivity index (χ0v) is 13.3. The molecule has 0 unspecified atom stereocenters. The molecule has 0 aliphatic heterocycles. The molecule has 2 heterocycles. The topological polar surface area (TPSA) is 76.9 Å². The lowest BCUT2D eigenvalue weighted by Gasteiger charge is -2.10. The Hall–Kier alpha value is -2.41. The number of rotatable bonds is 3. The van der Waals surface area contributed by atoms with Crippen molar-refractivity contribution in [2.24, 2.45) is 7.05 Å². The minimum absolute atomic E-state index is 0.211. The Kier molecular flexibility index (Phi) is 3.37. The van der Waals surface area contributed by atoms with Crippen molar-refractivity contribution in [1.29, 1.82) is 0 Å². The predicted molar refractivity (Wildman–Crippen MR) is 85.2 cm³/mol. The number of anilines is 1. The van der Waals surface area contributed by atoms with Crippen molar-refractivity contribution in [3.8, 4) is 0 Å². The van der Waals surface area contributed by atoms with E-state index in [-0.39, 0.29) is 4.90 Å². The number of benzene rings is 1. The zero-order chi connectivity index (χ0) is 15.9. The van der Waals surface area contributed by atoms with E-state index in [2.05, 4.69) is 14.8 Å². The van der Waals surface area contributed by atoms with E-state index in [0.29, 0.717) is 22.6 Å². The Balaban J connectivity index is 2.11. The second-order valence-electron chi connectivity index (χ2n) is 5.11. The van der Waals surface area contributed by atoms with Crippen molar-refractivity contribution in [2.75, 3.05) is 4.72 Å². The predicted octanol–water partition coefficient (Wildman–Crippen LogP) is 2.39. The quantitative estimate of drug-likeness (QED) is 0.805. The van der Waals surface area contributed by atoms with Crippen molar-refractivity contribution in [3.63, 3.8) is 0 Å². The van der Waals surface area contributed by atoms with Gasteiger partial charge in [-0.05, 0) is 26.0 Å². The van der Waals surface area contributed by atoms with Crippen molar-refractivity contribution < 1.29 is 8.42 Å². The molecule has 0 spiro atoms. The van der Waals surface area contributed by atoms with Crippen molar-refractivity contribution in [2.45, 2.75) is 18.7 Å². The minimum Gasteiger partial charge on any atom is -0.277 e. The van der Waals surface area contributed by atoms with Crippen LogP contribution >= 0.6 is 0 Å². The summed E-state index contributed by atoms with van der Waals surface area (Å²) >= 11 is 0. The van der Waals surface area contributed by atoms with Gasteiger partial charge in [0, 0.05) is 18.6 Å². The maximum Gasteiger partial charge on any atom is 0.265 e. The second-order valence-corrected chi connectivity index (χ2v) is 6.73. The summed E-state index contributed by atoms with van der Waals surface area (Å²) in [6.07, 6.45) is 1.64. The Morgan fingerprint density at radius 1 is 1.14 bits per heavy atom. The third-order valence-electron chi connectivity index (χ3n) is 3.59. The van der Waals surface area contributed by atoms with Gasteiger partial charge in [-0.1, -0.05) is 18.2 Å². The van der Waals surface area contributed by atoms with Crippen LogP contribution in [0.2, 0.25) is 0 Å². The number of fused-ring (bicyclic) bond motifs is 1. The SMILES string of the molecule is Cc1nn(C)c(C)c1S(=O)(=O)Nc1cccc2cccnc12. The molecule has 0 saturated carbocycles. The molecule has 0 radical (unpaired) electrons. The number of hydrogen-bond donors (Lipinski definition) is 1. The van der Waals surface area contributed by atoms with Gasteiger partial charge in [0.15, 0.2) is 0 Å². The fourth-order valence-corrected chi connectivity index (χ4v) is 4.03. The molecule has 3 rings (SSSR count). The van der Waals surface area contributed by atoms with Gasteiger partial charge >= 0.3 is 0 Å². The molecule has 6 nitrogen and oxygen atoms in total. The molecule has 3 aromatic rings. The van der Waals surface area contributed by atoms with Crippen LogP contribution in [-0.2, 0) is 17.1 Å². The summed E-state index contributed by atoms with van der Waals surface area (Å²) in [4.78, 5) is 4.47. The van der Waals surface area contributed by atoms with Gasteiger partial charge in [0.05, 0.1) is 22.6 Å². The van der Waals surface area contributed by atoms with Crippen LogP contribution < -0.4 is 4.72 Å². The number of hydrogen-bond acceptors (Lipinski definition) is 4. The maximum absolute atomic E-state index is 12.7. The van der Waals surface area contributed by atoms with Gasteiger partial charge in [-0.3, -0.25) is 14.4 Å². The number of sulfonamides is 1. The van der Waals surface area contributed by atoms with Gasteiger partial charge < -0.3 is 0 Å². The normalized spacial score (nSPS) is 11.8. The average Bonchev–Trinajstić information content (AvgIpc) is 2.72. The highest BCUT2D eigenvalue weighted by atomic mass is 32.2. The number of nitrogens with one attached hydrogen (secondary N) is 1. The molecular formula is C15H16N4O2S. The molecule has 22 heavy (non-hydrogen) atoms. The molecule has 1 aromatic carbocycles. The van der Waals surface area contributed by atoms with E-state index in [0.717, 1.165) is 5.39 Å². The van der Waals surface area contributed by atoms with E-state index in [9.17, 15) is 8.42 Å². The monoisotopic (exact) mass is 316 g/mol. The van der Waals surface area contributed by atoms with Crippen LogP contribution in [0.5, 0.6) is 0 Å². The largest absolute Gasteiger partial charge is 0.277 e. The molecule has 0 fully saturated rings. The van der Waals surface area contributed by atoms with E-state index in [1.54, 1.807) is 43.9 Å². The van der Waals surface area contributed by atoms with E-state index < -0.39 is 10.0 Å². The molecule has 0 aliphatic rings. The zero-order valence-electron chi connectivity index (χ0n) is 12.5. The molecule has 2 aromatic heterocycles. The molecule has 0 bridgehead atoms. The summed E-state index contributed by atoms with van der Waals surface area (Å²) in [7, 11) is -2.00. The highest BCUT2D eigenvalue weighted by Gasteiger charge is 2.24. The Morgan fingerprint density at radius 2 is 1.86 bits per heavy atom. The number of pyridine rings is 1. The highest BCUT2D eigenvalue weighted by Crippen LogP contribution is 2.26. The minimum atomic E-state index is -3.72. The maximum atomic E-state index is 12.7. The molecule has 0 atom stereocenters. The lowest BCUT2D eigenvalue weighted by atomic mass is 10.2. The molecule has 0 aliphatic carbocycles. The van der Waals surface area contributed by atoms with Gasteiger partial charge in [-0.25, -0.2) is 8.42 Å². The first-order valence-electron chi connectivity index (χ1n) is 6.77. The third-order valence-corrected chi connectivity index (χ3v) is 5.21. The Morgan fingerprint density at radius 3 is 2.55 bits per heavy atom. The number of para-hydroxylation sites is 1. The van der Waals surface area contributed by atoms with Gasteiger partial charge in [0.2, 0.25) is 0 Å². The van der Waals surface area contributed by atoms with Crippen LogP contribution in [0.25, 0.3) is 10.9 Å². The third kappa shape index (κ3) is 2.33. The second kappa shape index (κ2) is 5.10. The summed E-state index contributed by atoms with van der Waals surface area (Å²) in [5.74, 6) is 0. The van der Waals surface area contributed by atoms with Crippen molar-refractivity contribution >= 4 is 26.6 Å². The van der Waals surface area contributed by atoms with Gasteiger partial charge in [0.25, 0.3) is 10.0 Å². The molecule has 0 saturated heterocycles. The molecular weight excluding hydrogens is 300 g/mol. The summed E-state index contributed by atoms with van der Waals surface area (Å²) in [5, 5.41) is 5.04. The molecule has 114 valence electrons. The van der Waals surface area contributed by atoms with Crippen LogP contribution in [0.15, 0.2) is 41.4 Å². The molecule has 0 amide bonds. The Labute approximate surface area is 128 Å². The van der Waals surface area contributed by atoms with Crippen LogP contribution in [-0.4, -0.2) is 23.2 Å². The van der Waals surface area contributed by atoms with E-state index in [1.807, 2.05) is 18.2 Å². The fourth-order valence-electron chi connectivity index (χ4n) is 2.53. The van der Waals surface area contributed by atoms with E-state index in [4.69, 9.17) is 0 Å². The number of aromatic nitrogens is 3. The average molecular weight is 316 g/mol. The summed E-state index contributed by atoms with van der Waals surface area (Å²) in [6, 6.07) is 9.09. The van der Waals surface area contributed by atoms with Gasteiger partial charge in [0.1, 0.15) is 4.90 Å². The van der Waals surface area contributed by atoms with Gasteiger partial charge in [-0.15, -0.1) is 0 Å². The number of nitrogens with zero attached hydrogens (tertiary/aromatic N) is 3. The van der Waals surface area contributed by atoms with Crippen LogP contribution in [0.1, 0.15) is 11.4 Å². The number of aryl methyl sites for hydroxylation is 2. The first-order chi connectivity index (χ1) is 10.4. The highest BCUT2D eigenvalue weighted by molar-refractivity contribution is 7.92. The van der Waals surface area contributed by atoms with Crippen molar-refractivity contribution in [3.05, 3.63) is 47.9 Å². The summed E-state index contributed by atoms with van der Waals surface area (Å²) in [5.41, 5.74) is 2.15. The molecule has 1 N–H and O–H groups in total. The molecule has 7 heteroatoms. The van der Waals surface area contributed by atoms with E-state index >= 15 is 0 Å². The standard InChI is InChI=1S/C15H16N4O2S/c1-10-15(11(2)19(3)17-10)22(20,21)18-13-8-4-6-12-7-5-9-16-14(12)13/h4-9,18H,1-3H3. The Bertz CT molecular complexity index is 956. The summed E-state index contributed by atoms with van der Waals surface area (Å²) in [6.45, 7) is 3.42. The van der Waals surface area contributed by atoms with Gasteiger partial charge in [-0.2, -0.15) is 5.10 Å². The van der Waals surface area contributed by atoms with Crippen molar-refractivity contribution in [1.82, 2.24) is 14.8 Å².